The van der Waals surface area contributed by atoms with Gasteiger partial charge in [0.1, 0.15) is 17.3 Å². The number of methoxy groups -OCH3 is 1. The summed E-state index contributed by atoms with van der Waals surface area (Å²) in [5.41, 5.74) is 1.49. The topological polar surface area (TPSA) is 78.9 Å². The van der Waals surface area contributed by atoms with Gasteiger partial charge < -0.3 is 14.5 Å². The first-order valence-corrected chi connectivity index (χ1v) is 10.9. The minimum Gasteiger partial charge on any atom is -0.497 e. The van der Waals surface area contributed by atoms with Crippen molar-refractivity contribution in [2.45, 2.75) is 0 Å². The van der Waals surface area contributed by atoms with E-state index in [1.54, 1.807) is 42.7 Å². The van der Waals surface area contributed by atoms with Crippen LogP contribution in [-0.4, -0.2) is 60.0 Å². The van der Waals surface area contributed by atoms with E-state index in [0.29, 0.717) is 54.8 Å². The average Bonchev–Trinajstić information content (AvgIpc) is 3.15. The Kier molecular flexibility index (Phi) is 5.67. The first kappa shape index (κ1) is 21.6. The maximum Gasteiger partial charge on any atom is 0.282 e. The largest absolute Gasteiger partial charge is 0.497 e. The molecule has 2 amide bonds. The van der Waals surface area contributed by atoms with Crippen LogP contribution in [0.2, 0.25) is 0 Å². The third kappa shape index (κ3) is 3.85. The van der Waals surface area contributed by atoms with Crippen LogP contribution in [0.4, 0.5) is 16.0 Å². The Hall–Kier alpha value is -4.27. The van der Waals surface area contributed by atoms with Crippen molar-refractivity contribution in [3.05, 3.63) is 84.1 Å². The van der Waals surface area contributed by atoms with Crippen LogP contribution in [0.5, 0.6) is 5.75 Å². The highest BCUT2D eigenvalue weighted by Gasteiger charge is 2.43. The molecule has 1 fully saturated rings. The molecule has 9 heteroatoms. The summed E-state index contributed by atoms with van der Waals surface area (Å²) < 4.78 is 18.9. The van der Waals surface area contributed by atoms with Gasteiger partial charge in [-0.3, -0.25) is 9.59 Å². The van der Waals surface area contributed by atoms with Crippen molar-refractivity contribution in [2.75, 3.05) is 43.1 Å². The highest BCUT2D eigenvalue weighted by atomic mass is 19.1. The number of anilines is 2. The normalized spacial score (nSPS) is 16.5. The van der Waals surface area contributed by atoms with Gasteiger partial charge in [0, 0.05) is 44.6 Å². The number of benzene rings is 2. The van der Waals surface area contributed by atoms with E-state index < -0.39 is 17.6 Å². The van der Waals surface area contributed by atoms with Gasteiger partial charge in [0.2, 0.25) is 5.95 Å². The molecule has 0 bridgehead atoms. The lowest BCUT2D eigenvalue weighted by atomic mass is 10.0. The van der Waals surface area contributed by atoms with Crippen molar-refractivity contribution in [3.8, 4) is 5.75 Å². The molecule has 0 aliphatic carbocycles. The molecular weight excluding hydrogens is 437 g/mol. The molecule has 8 nitrogen and oxygen atoms in total. The molecule has 2 aliphatic heterocycles. The van der Waals surface area contributed by atoms with Crippen LogP contribution in [0.15, 0.2) is 72.7 Å². The fourth-order valence-corrected chi connectivity index (χ4v) is 4.26. The number of halogens is 1. The molecule has 3 heterocycles. The summed E-state index contributed by atoms with van der Waals surface area (Å²) in [5, 5.41) is 0. The van der Waals surface area contributed by atoms with Crippen molar-refractivity contribution < 1.29 is 18.7 Å². The Morgan fingerprint density at radius 1 is 0.853 bits per heavy atom. The summed E-state index contributed by atoms with van der Waals surface area (Å²) in [6.45, 7) is 2.18. The molecule has 34 heavy (non-hydrogen) atoms. The fraction of sp³-hybridized carbons (Fsp3) is 0.200. The van der Waals surface area contributed by atoms with E-state index in [1.165, 1.54) is 31.4 Å². The number of aromatic nitrogens is 2. The van der Waals surface area contributed by atoms with Crippen molar-refractivity contribution in [1.82, 2.24) is 14.9 Å². The van der Waals surface area contributed by atoms with Gasteiger partial charge in [-0.2, -0.15) is 0 Å². The van der Waals surface area contributed by atoms with Gasteiger partial charge in [-0.1, -0.05) is 18.2 Å². The highest BCUT2D eigenvalue weighted by molar-refractivity contribution is 6.45. The van der Waals surface area contributed by atoms with Crippen molar-refractivity contribution in [1.29, 1.82) is 0 Å². The number of hydrogen-bond donors (Lipinski definition) is 0. The zero-order valence-electron chi connectivity index (χ0n) is 18.5. The number of imide groups is 1. The molecule has 3 aromatic rings. The van der Waals surface area contributed by atoms with Crippen LogP contribution in [0.1, 0.15) is 5.56 Å². The summed E-state index contributed by atoms with van der Waals surface area (Å²) >= 11 is 0. The van der Waals surface area contributed by atoms with Crippen LogP contribution in [0, 0.1) is 5.82 Å². The SMILES string of the molecule is COc1cccc(N2C(=O)C(c3ccc(F)cc3)=C(N3CCN(c4ncccn4)CC3)C2=O)c1. The summed E-state index contributed by atoms with van der Waals surface area (Å²) in [6, 6.07) is 14.2. The van der Waals surface area contributed by atoms with E-state index in [-0.39, 0.29) is 5.57 Å². The fourth-order valence-electron chi connectivity index (χ4n) is 4.26. The molecule has 5 rings (SSSR count). The Labute approximate surface area is 195 Å². The summed E-state index contributed by atoms with van der Waals surface area (Å²) in [4.78, 5) is 41.0. The first-order chi connectivity index (χ1) is 16.6. The third-order valence-electron chi connectivity index (χ3n) is 5.93. The molecule has 2 aliphatic rings. The van der Waals surface area contributed by atoms with Crippen LogP contribution in [0.3, 0.4) is 0 Å². The number of nitrogens with zero attached hydrogens (tertiary/aromatic N) is 5. The number of rotatable bonds is 5. The summed E-state index contributed by atoms with van der Waals surface area (Å²) in [6.07, 6.45) is 3.38. The van der Waals surface area contributed by atoms with Crippen molar-refractivity contribution >= 4 is 29.0 Å². The molecular formula is C25H22FN5O3. The van der Waals surface area contributed by atoms with Crippen molar-refractivity contribution in [3.63, 3.8) is 0 Å². The minimum atomic E-state index is -0.450. The van der Waals surface area contributed by atoms with Gasteiger partial charge in [0.25, 0.3) is 11.8 Å². The van der Waals surface area contributed by atoms with Crippen molar-refractivity contribution in [2.24, 2.45) is 0 Å². The minimum absolute atomic E-state index is 0.261. The Morgan fingerprint density at radius 3 is 2.21 bits per heavy atom. The lowest BCUT2D eigenvalue weighted by Crippen LogP contribution is -2.48. The second-order valence-electron chi connectivity index (χ2n) is 7.90. The van der Waals surface area contributed by atoms with E-state index >= 15 is 0 Å². The predicted octanol–water partition coefficient (Wildman–Crippen LogP) is 2.73. The molecule has 2 aromatic carbocycles. The third-order valence-corrected chi connectivity index (χ3v) is 5.93. The predicted molar refractivity (Wildman–Crippen MR) is 125 cm³/mol. The van der Waals surface area contributed by atoms with Gasteiger partial charge in [0.15, 0.2) is 0 Å². The van der Waals surface area contributed by atoms with Gasteiger partial charge in [-0.05, 0) is 35.9 Å². The lowest BCUT2D eigenvalue weighted by Gasteiger charge is -2.36. The number of amides is 2. The van der Waals surface area contributed by atoms with E-state index in [9.17, 15) is 14.0 Å². The molecule has 1 aromatic heterocycles. The molecule has 0 N–H and O–H groups in total. The molecule has 1 saturated heterocycles. The smallest absolute Gasteiger partial charge is 0.282 e. The molecule has 0 spiro atoms. The van der Waals surface area contributed by atoms with Gasteiger partial charge in [-0.25, -0.2) is 19.3 Å². The number of hydrogen-bond acceptors (Lipinski definition) is 7. The molecule has 0 radical (unpaired) electrons. The Morgan fingerprint density at radius 2 is 1.53 bits per heavy atom. The summed E-state index contributed by atoms with van der Waals surface area (Å²) in [5.74, 6) is -0.118. The molecule has 0 unspecified atom stereocenters. The van der Waals surface area contributed by atoms with Gasteiger partial charge in [0.05, 0.1) is 18.4 Å². The number of piperazine rings is 1. The number of carbonyl (C=O) groups excluding carboxylic acids is 2. The Balaban J connectivity index is 1.50. The van der Waals surface area contributed by atoms with E-state index in [1.807, 2.05) is 9.80 Å². The summed E-state index contributed by atoms with van der Waals surface area (Å²) in [7, 11) is 1.52. The number of carbonyl (C=O) groups is 2. The van der Waals surface area contributed by atoms with Gasteiger partial charge in [-0.15, -0.1) is 0 Å². The van der Waals surface area contributed by atoms with E-state index in [4.69, 9.17) is 4.74 Å². The molecule has 0 atom stereocenters. The van der Waals surface area contributed by atoms with Crippen LogP contribution < -0.4 is 14.5 Å². The van der Waals surface area contributed by atoms with Crippen LogP contribution in [-0.2, 0) is 9.59 Å². The zero-order valence-corrected chi connectivity index (χ0v) is 18.5. The first-order valence-electron chi connectivity index (χ1n) is 10.9. The quantitative estimate of drug-likeness (QED) is 0.543. The monoisotopic (exact) mass is 459 g/mol. The van der Waals surface area contributed by atoms with Crippen LogP contribution >= 0.6 is 0 Å². The zero-order chi connectivity index (χ0) is 23.7. The maximum atomic E-state index is 13.7. The van der Waals surface area contributed by atoms with Crippen LogP contribution in [0.25, 0.3) is 5.57 Å². The second-order valence-corrected chi connectivity index (χ2v) is 7.90. The average molecular weight is 459 g/mol. The lowest BCUT2D eigenvalue weighted by molar-refractivity contribution is -0.120. The second kappa shape index (κ2) is 8.93. The molecule has 172 valence electrons. The van der Waals surface area contributed by atoms with E-state index in [2.05, 4.69) is 9.97 Å². The van der Waals surface area contributed by atoms with Gasteiger partial charge >= 0.3 is 0 Å². The Bertz CT molecular complexity index is 1260. The number of ether oxygens (including phenoxy) is 1. The molecule has 0 saturated carbocycles. The maximum absolute atomic E-state index is 13.7. The van der Waals surface area contributed by atoms with E-state index in [0.717, 1.165) is 4.90 Å². The standard InChI is InChI=1S/C25H22FN5O3/c1-34-20-5-2-4-19(16-20)31-23(32)21(17-6-8-18(26)9-7-17)22(24(31)33)29-12-14-30(15-13-29)25-27-10-3-11-28-25/h2-11,16H,12-15H2,1H3. The highest BCUT2D eigenvalue weighted by Crippen LogP contribution is 2.36.